The largest absolute Gasteiger partial charge is 0.336 e. The van der Waals surface area contributed by atoms with Gasteiger partial charge in [0.05, 0.1) is 11.1 Å². The summed E-state index contributed by atoms with van der Waals surface area (Å²) >= 11 is 0. The third kappa shape index (κ3) is 3.45. The average Bonchev–Trinajstić information content (AvgIpc) is 3.17. The van der Waals surface area contributed by atoms with Crippen LogP contribution in [0.4, 0.5) is 0 Å². The van der Waals surface area contributed by atoms with Crippen molar-refractivity contribution in [2.24, 2.45) is 5.84 Å². The van der Waals surface area contributed by atoms with E-state index >= 15 is 0 Å². The zero-order chi connectivity index (χ0) is 22.1. The number of aromatic nitrogens is 1. The molecular formula is C28H25N3O. The monoisotopic (exact) mass is 419 g/mol. The first-order valence-electron chi connectivity index (χ1n) is 10.8. The van der Waals surface area contributed by atoms with Gasteiger partial charge in [0.15, 0.2) is 0 Å². The molecule has 158 valence electrons. The zero-order valence-electron chi connectivity index (χ0n) is 18.0. The van der Waals surface area contributed by atoms with Gasteiger partial charge >= 0.3 is 0 Å². The molecule has 4 heteroatoms. The maximum Gasteiger partial charge on any atom is 0.265 e. The molecule has 4 aromatic carbocycles. The molecule has 0 fully saturated rings. The first kappa shape index (κ1) is 20.0. The normalized spacial score (nSPS) is 12.2. The Morgan fingerprint density at radius 2 is 1.53 bits per heavy atom. The number of rotatable bonds is 5. The number of nitrogens with two attached hydrogens (primary N) is 1. The average molecular weight is 420 g/mol. The van der Waals surface area contributed by atoms with Gasteiger partial charge in [-0.25, -0.2) is 5.84 Å². The highest BCUT2D eigenvalue weighted by atomic mass is 16.2. The summed E-state index contributed by atoms with van der Waals surface area (Å²) in [6, 6.07) is 33.4. The van der Waals surface area contributed by atoms with E-state index < -0.39 is 0 Å². The van der Waals surface area contributed by atoms with Crippen molar-refractivity contribution in [2.75, 3.05) is 0 Å². The molecule has 0 aliphatic rings. The number of para-hydroxylation sites is 1. The summed E-state index contributed by atoms with van der Waals surface area (Å²) in [6.07, 6.45) is 0. The molecule has 1 unspecified atom stereocenters. The maximum atomic E-state index is 12.4. The number of nitrogens with one attached hydrogen (secondary N) is 1. The Morgan fingerprint density at radius 3 is 2.34 bits per heavy atom. The van der Waals surface area contributed by atoms with Crippen LogP contribution in [-0.4, -0.2) is 10.5 Å². The number of hydrazine groups is 1. The highest BCUT2D eigenvalue weighted by Crippen LogP contribution is 2.33. The maximum absolute atomic E-state index is 12.4. The minimum absolute atomic E-state index is 0.280. The fourth-order valence-corrected chi connectivity index (χ4v) is 4.61. The van der Waals surface area contributed by atoms with Gasteiger partial charge in [0.1, 0.15) is 0 Å². The summed E-state index contributed by atoms with van der Waals surface area (Å²) in [7, 11) is 0. The van der Waals surface area contributed by atoms with Crippen LogP contribution in [0.2, 0.25) is 0 Å². The number of hydrogen-bond acceptors (Lipinski definition) is 2. The van der Waals surface area contributed by atoms with Crippen LogP contribution >= 0.6 is 0 Å². The van der Waals surface area contributed by atoms with Crippen LogP contribution in [0.5, 0.6) is 0 Å². The van der Waals surface area contributed by atoms with Crippen LogP contribution in [0.3, 0.4) is 0 Å². The second kappa shape index (κ2) is 8.33. The van der Waals surface area contributed by atoms with Gasteiger partial charge in [-0.05, 0) is 34.9 Å². The summed E-state index contributed by atoms with van der Waals surface area (Å²) < 4.78 is 2.28. The quantitative estimate of drug-likeness (QED) is 0.221. The number of nitrogen functional groups attached to an aromatic ring is 1. The van der Waals surface area contributed by atoms with Crippen molar-refractivity contribution in [3.05, 3.63) is 119 Å². The lowest BCUT2D eigenvalue weighted by molar-refractivity contribution is 0.0955. The number of carbonyl (C=O) groups excluding carboxylic acids is 1. The Kier molecular flexibility index (Phi) is 5.21. The van der Waals surface area contributed by atoms with Crippen LogP contribution in [0.25, 0.3) is 21.8 Å². The fourth-order valence-electron chi connectivity index (χ4n) is 4.61. The standard InChI is InChI=1S/C28H25N3O/c1-19(21-10-3-2-4-11-21)22-12-7-9-20(17-22)18-31-25-15-6-5-13-23(25)27-24(28(32)30-29)14-8-16-26(27)31/h2-17,19H,18,29H2,1H3,(H,30,32). The van der Waals surface area contributed by atoms with Gasteiger partial charge in [-0.15, -0.1) is 0 Å². The lowest BCUT2D eigenvalue weighted by Crippen LogP contribution is -2.30. The molecule has 0 saturated heterocycles. The van der Waals surface area contributed by atoms with E-state index in [1.54, 1.807) is 0 Å². The molecule has 1 aromatic heterocycles. The molecule has 1 amide bonds. The molecule has 5 aromatic rings. The molecule has 0 saturated carbocycles. The first-order chi connectivity index (χ1) is 15.7. The molecule has 0 radical (unpaired) electrons. The summed E-state index contributed by atoms with van der Waals surface area (Å²) in [6.45, 7) is 2.96. The highest BCUT2D eigenvalue weighted by Gasteiger charge is 2.17. The number of amides is 1. The summed E-state index contributed by atoms with van der Waals surface area (Å²) in [5.41, 5.74) is 8.81. The molecule has 3 N–H and O–H groups in total. The lowest BCUT2D eigenvalue weighted by Gasteiger charge is -2.15. The molecule has 0 aliphatic heterocycles. The Morgan fingerprint density at radius 1 is 0.844 bits per heavy atom. The molecule has 0 bridgehead atoms. The van der Waals surface area contributed by atoms with Gasteiger partial charge in [-0.2, -0.15) is 0 Å². The number of hydrogen-bond donors (Lipinski definition) is 2. The van der Waals surface area contributed by atoms with E-state index in [1.165, 1.54) is 16.7 Å². The minimum atomic E-state index is -0.280. The topological polar surface area (TPSA) is 60.0 Å². The van der Waals surface area contributed by atoms with Crippen molar-refractivity contribution in [3.63, 3.8) is 0 Å². The number of benzene rings is 4. The molecule has 4 nitrogen and oxygen atoms in total. The first-order valence-corrected chi connectivity index (χ1v) is 10.8. The molecule has 1 atom stereocenters. The Balaban J connectivity index is 1.61. The zero-order valence-corrected chi connectivity index (χ0v) is 18.0. The van der Waals surface area contributed by atoms with E-state index in [1.807, 2.05) is 30.3 Å². The van der Waals surface area contributed by atoms with Crippen molar-refractivity contribution in [1.29, 1.82) is 0 Å². The summed E-state index contributed by atoms with van der Waals surface area (Å²) in [5, 5.41) is 1.98. The highest BCUT2D eigenvalue weighted by molar-refractivity contribution is 6.18. The Bertz CT molecular complexity index is 1420. The van der Waals surface area contributed by atoms with Crippen molar-refractivity contribution in [3.8, 4) is 0 Å². The number of nitrogens with zero attached hydrogens (tertiary/aromatic N) is 1. The van der Waals surface area contributed by atoms with Gasteiger partial charge in [0.2, 0.25) is 0 Å². The lowest BCUT2D eigenvalue weighted by atomic mass is 9.92. The molecular weight excluding hydrogens is 394 g/mol. The minimum Gasteiger partial charge on any atom is -0.336 e. The van der Waals surface area contributed by atoms with E-state index in [2.05, 4.69) is 83.6 Å². The number of carbonyl (C=O) groups is 1. The third-order valence-corrected chi connectivity index (χ3v) is 6.26. The van der Waals surface area contributed by atoms with E-state index in [4.69, 9.17) is 5.84 Å². The molecule has 1 heterocycles. The van der Waals surface area contributed by atoms with E-state index in [0.29, 0.717) is 18.0 Å². The molecule has 32 heavy (non-hydrogen) atoms. The van der Waals surface area contributed by atoms with Crippen molar-refractivity contribution < 1.29 is 4.79 Å². The fraction of sp³-hybridized carbons (Fsp3) is 0.107. The van der Waals surface area contributed by atoms with Gasteiger partial charge < -0.3 is 4.57 Å². The number of fused-ring (bicyclic) bond motifs is 3. The van der Waals surface area contributed by atoms with E-state index in [-0.39, 0.29) is 5.91 Å². The van der Waals surface area contributed by atoms with Gasteiger partial charge in [-0.3, -0.25) is 10.2 Å². The van der Waals surface area contributed by atoms with Gasteiger partial charge in [0.25, 0.3) is 5.91 Å². The predicted molar refractivity (Wildman–Crippen MR) is 131 cm³/mol. The van der Waals surface area contributed by atoms with Crippen molar-refractivity contribution in [1.82, 2.24) is 9.99 Å². The molecule has 0 spiro atoms. The van der Waals surface area contributed by atoms with Crippen LogP contribution in [0, 0.1) is 0 Å². The Hall–Kier alpha value is -3.89. The van der Waals surface area contributed by atoms with Crippen molar-refractivity contribution in [2.45, 2.75) is 19.4 Å². The molecule has 5 rings (SSSR count). The van der Waals surface area contributed by atoms with Crippen LogP contribution in [0.15, 0.2) is 97.1 Å². The smallest absolute Gasteiger partial charge is 0.265 e. The van der Waals surface area contributed by atoms with Gasteiger partial charge in [0, 0.05) is 28.8 Å². The van der Waals surface area contributed by atoms with Crippen molar-refractivity contribution >= 4 is 27.7 Å². The molecule has 0 aliphatic carbocycles. The van der Waals surface area contributed by atoms with E-state index in [9.17, 15) is 4.79 Å². The van der Waals surface area contributed by atoms with E-state index in [0.717, 1.165) is 21.8 Å². The summed E-state index contributed by atoms with van der Waals surface area (Å²) in [4.78, 5) is 12.4. The SMILES string of the molecule is CC(c1ccccc1)c1cccc(Cn2c3ccccc3c3c(C(=O)NN)cccc32)c1. The van der Waals surface area contributed by atoms with Crippen LogP contribution in [0.1, 0.15) is 39.9 Å². The second-order valence-electron chi connectivity index (χ2n) is 8.15. The van der Waals surface area contributed by atoms with Crippen LogP contribution < -0.4 is 11.3 Å². The predicted octanol–water partition coefficient (Wildman–Crippen LogP) is 5.60. The second-order valence-corrected chi connectivity index (χ2v) is 8.15. The Labute approximate surface area is 187 Å². The van der Waals surface area contributed by atoms with Gasteiger partial charge in [-0.1, -0.05) is 85.8 Å². The third-order valence-electron chi connectivity index (χ3n) is 6.26. The summed E-state index contributed by atoms with van der Waals surface area (Å²) in [5.74, 6) is 5.49. The van der Waals surface area contributed by atoms with Crippen LogP contribution in [-0.2, 0) is 6.54 Å².